The van der Waals surface area contributed by atoms with Crippen LogP contribution in [0.5, 0.6) is 0 Å². The molecule has 5 heteroatoms. The van der Waals surface area contributed by atoms with E-state index in [-0.39, 0.29) is 5.84 Å². The maximum Gasteiger partial charge on any atom is 0.171 e. The minimum absolute atomic E-state index is 0.125. The largest absolute Gasteiger partial charge is 0.409 e. The Morgan fingerprint density at radius 1 is 1.35 bits per heavy atom. The predicted molar refractivity (Wildman–Crippen MR) is 86.5 cm³/mol. The van der Waals surface area contributed by atoms with Crippen LogP contribution in [0.25, 0.3) is 0 Å². The molecule has 1 fully saturated rings. The van der Waals surface area contributed by atoms with E-state index in [9.17, 15) is 0 Å². The van der Waals surface area contributed by atoms with Gasteiger partial charge in [0, 0.05) is 28.8 Å². The first-order chi connectivity index (χ1) is 9.43. The molecule has 0 spiro atoms. The van der Waals surface area contributed by atoms with Gasteiger partial charge in [-0.25, -0.2) is 0 Å². The highest BCUT2D eigenvalue weighted by atomic mass is 79.9. The van der Waals surface area contributed by atoms with Crippen LogP contribution in [-0.4, -0.2) is 24.1 Å². The number of amidine groups is 1. The molecule has 3 N–H and O–H groups in total. The van der Waals surface area contributed by atoms with E-state index in [1.54, 1.807) is 0 Å². The van der Waals surface area contributed by atoms with Crippen molar-refractivity contribution < 1.29 is 5.21 Å². The van der Waals surface area contributed by atoms with Crippen molar-refractivity contribution in [3.63, 3.8) is 0 Å². The molecule has 1 heterocycles. The molecule has 20 heavy (non-hydrogen) atoms. The number of nitrogens with zero attached hydrogens (tertiary/aromatic N) is 2. The van der Waals surface area contributed by atoms with E-state index in [4.69, 9.17) is 10.9 Å². The second-order valence-electron chi connectivity index (χ2n) is 6.15. The zero-order valence-electron chi connectivity index (χ0n) is 12.1. The Morgan fingerprint density at radius 2 is 2.10 bits per heavy atom. The van der Waals surface area contributed by atoms with Gasteiger partial charge in [-0.3, -0.25) is 0 Å². The Kier molecular flexibility index (Phi) is 4.58. The van der Waals surface area contributed by atoms with Crippen LogP contribution in [0.15, 0.2) is 27.8 Å². The molecule has 110 valence electrons. The van der Waals surface area contributed by atoms with E-state index in [1.807, 2.05) is 18.2 Å². The molecule has 1 aromatic carbocycles. The molecule has 0 atom stereocenters. The van der Waals surface area contributed by atoms with Gasteiger partial charge in [0.2, 0.25) is 0 Å². The highest BCUT2D eigenvalue weighted by Crippen LogP contribution is 2.32. The molecule has 2 rings (SSSR count). The number of hydrogen-bond acceptors (Lipinski definition) is 3. The molecular formula is C15H22BrN3O. The summed E-state index contributed by atoms with van der Waals surface area (Å²) in [5.41, 5.74) is 7.97. The van der Waals surface area contributed by atoms with Crippen molar-refractivity contribution >= 4 is 27.5 Å². The third-order valence-corrected chi connectivity index (χ3v) is 4.70. The number of oxime groups is 1. The highest BCUT2D eigenvalue weighted by Gasteiger charge is 2.23. The fourth-order valence-electron chi connectivity index (χ4n) is 2.64. The van der Waals surface area contributed by atoms with Gasteiger partial charge in [-0.15, -0.1) is 0 Å². The zero-order chi connectivity index (χ0) is 14.8. The van der Waals surface area contributed by atoms with E-state index < -0.39 is 0 Å². The minimum atomic E-state index is 0.125. The first-order valence-corrected chi connectivity index (χ1v) is 7.75. The molecule has 0 amide bonds. The summed E-state index contributed by atoms with van der Waals surface area (Å²) < 4.78 is 0.855. The fraction of sp³-hybridized carbons (Fsp3) is 0.533. The van der Waals surface area contributed by atoms with Gasteiger partial charge in [0.25, 0.3) is 0 Å². The smallest absolute Gasteiger partial charge is 0.171 e. The van der Waals surface area contributed by atoms with Gasteiger partial charge in [-0.1, -0.05) is 19.0 Å². The Balaban J connectivity index is 2.19. The first kappa shape index (κ1) is 15.2. The van der Waals surface area contributed by atoms with Crippen LogP contribution in [0.1, 0.15) is 38.7 Å². The number of rotatable bonds is 2. The van der Waals surface area contributed by atoms with Crippen molar-refractivity contribution in [3.8, 4) is 0 Å². The summed E-state index contributed by atoms with van der Waals surface area (Å²) in [4.78, 5) is 2.41. The van der Waals surface area contributed by atoms with Gasteiger partial charge in [-0.2, -0.15) is 0 Å². The number of halogens is 1. The molecule has 0 aromatic heterocycles. The van der Waals surface area contributed by atoms with Gasteiger partial charge in [0.05, 0.1) is 0 Å². The Bertz CT molecular complexity index is 514. The normalized spacial score (nSPS) is 19.8. The molecular weight excluding hydrogens is 318 g/mol. The van der Waals surface area contributed by atoms with Crippen LogP contribution in [-0.2, 0) is 0 Å². The van der Waals surface area contributed by atoms with Crippen LogP contribution in [0, 0.1) is 5.41 Å². The van der Waals surface area contributed by atoms with Crippen LogP contribution < -0.4 is 10.6 Å². The van der Waals surface area contributed by atoms with E-state index in [0.29, 0.717) is 11.0 Å². The Labute approximate surface area is 128 Å². The van der Waals surface area contributed by atoms with E-state index in [1.165, 1.54) is 24.9 Å². The maximum absolute atomic E-state index is 8.76. The molecule has 1 saturated heterocycles. The minimum Gasteiger partial charge on any atom is -0.409 e. The second-order valence-corrected chi connectivity index (χ2v) is 7.01. The molecule has 0 aliphatic carbocycles. The van der Waals surface area contributed by atoms with Crippen molar-refractivity contribution in [1.82, 2.24) is 0 Å². The highest BCUT2D eigenvalue weighted by molar-refractivity contribution is 9.10. The molecule has 0 radical (unpaired) electrons. The van der Waals surface area contributed by atoms with Gasteiger partial charge < -0.3 is 15.8 Å². The fourth-order valence-corrected chi connectivity index (χ4v) is 3.21. The van der Waals surface area contributed by atoms with E-state index >= 15 is 0 Å². The number of anilines is 1. The Hall–Kier alpha value is -1.23. The van der Waals surface area contributed by atoms with Crippen LogP contribution in [0.3, 0.4) is 0 Å². The molecule has 1 aliphatic heterocycles. The zero-order valence-corrected chi connectivity index (χ0v) is 13.7. The summed E-state index contributed by atoms with van der Waals surface area (Å²) in [6.07, 6.45) is 3.69. The van der Waals surface area contributed by atoms with Crippen LogP contribution in [0.4, 0.5) is 5.69 Å². The topological polar surface area (TPSA) is 61.8 Å². The number of hydrogen-bond donors (Lipinski definition) is 2. The van der Waals surface area contributed by atoms with Crippen molar-refractivity contribution in [2.75, 3.05) is 18.0 Å². The molecule has 4 nitrogen and oxygen atoms in total. The lowest BCUT2D eigenvalue weighted by Crippen LogP contribution is -2.25. The van der Waals surface area contributed by atoms with Crippen molar-refractivity contribution in [2.45, 2.75) is 33.1 Å². The predicted octanol–water partition coefficient (Wildman–Crippen LogP) is 3.56. The third-order valence-electron chi connectivity index (χ3n) is 4.04. The average Bonchev–Trinajstić information content (AvgIpc) is 2.59. The maximum atomic E-state index is 8.76. The quantitative estimate of drug-likeness (QED) is 0.375. The lowest BCUT2D eigenvalue weighted by molar-refractivity contribution is 0.318. The number of benzene rings is 1. The SMILES string of the molecule is CC1(C)CCCN(c2ccc(/C(N)=N/O)c(Br)c2)CC1. The molecule has 0 saturated carbocycles. The van der Waals surface area contributed by atoms with Crippen molar-refractivity contribution in [1.29, 1.82) is 0 Å². The van der Waals surface area contributed by atoms with Gasteiger partial charge in [-0.05, 0) is 58.8 Å². The van der Waals surface area contributed by atoms with E-state index in [0.717, 1.165) is 17.6 Å². The molecule has 0 bridgehead atoms. The standard InChI is InChI=1S/C15H22BrN3O/c1-15(2)6-3-8-19(9-7-15)11-4-5-12(13(16)10-11)14(17)18-20/h4-5,10,20H,3,6-9H2,1-2H3,(H2,17,18). The number of nitrogens with two attached hydrogens (primary N) is 1. The summed E-state index contributed by atoms with van der Waals surface area (Å²) in [6, 6.07) is 5.98. The summed E-state index contributed by atoms with van der Waals surface area (Å²) in [5, 5.41) is 11.8. The summed E-state index contributed by atoms with van der Waals surface area (Å²) in [5.74, 6) is 0.125. The first-order valence-electron chi connectivity index (χ1n) is 6.95. The van der Waals surface area contributed by atoms with Crippen LogP contribution in [0.2, 0.25) is 0 Å². The Morgan fingerprint density at radius 3 is 2.75 bits per heavy atom. The molecule has 0 unspecified atom stereocenters. The summed E-state index contributed by atoms with van der Waals surface area (Å²) in [6.45, 7) is 6.84. The van der Waals surface area contributed by atoms with Crippen LogP contribution >= 0.6 is 15.9 Å². The lowest BCUT2D eigenvalue weighted by Gasteiger charge is -2.25. The average molecular weight is 340 g/mol. The molecule has 1 aromatic rings. The van der Waals surface area contributed by atoms with E-state index in [2.05, 4.69) is 39.8 Å². The third kappa shape index (κ3) is 3.45. The van der Waals surface area contributed by atoms with Crippen molar-refractivity contribution in [2.24, 2.45) is 16.3 Å². The molecule has 1 aliphatic rings. The summed E-state index contributed by atoms with van der Waals surface area (Å²) in [7, 11) is 0. The van der Waals surface area contributed by atoms with Crippen molar-refractivity contribution in [3.05, 3.63) is 28.2 Å². The van der Waals surface area contributed by atoms with Gasteiger partial charge in [0.15, 0.2) is 5.84 Å². The van der Waals surface area contributed by atoms with Gasteiger partial charge in [0.1, 0.15) is 0 Å². The summed E-state index contributed by atoms with van der Waals surface area (Å²) >= 11 is 3.50. The monoisotopic (exact) mass is 339 g/mol. The van der Waals surface area contributed by atoms with Gasteiger partial charge >= 0.3 is 0 Å². The lowest BCUT2D eigenvalue weighted by atomic mass is 9.85. The second kappa shape index (κ2) is 6.04.